The molecule has 0 bridgehead atoms. The third-order valence-electron chi connectivity index (χ3n) is 7.28. The second kappa shape index (κ2) is 14.6. The molecule has 43 heavy (non-hydrogen) atoms. The third-order valence-corrected chi connectivity index (χ3v) is 12.0. The molecule has 0 aromatic heterocycles. The van der Waals surface area contributed by atoms with Crippen molar-refractivity contribution in [3.63, 3.8) is 0 Å². The van der Waals surface area contributed by atoms with E-state index >= 15 is 0 Å². The van der Waals surface area contributed by atoms with Crippen LogP contribution in [-0.2, 0) is 6.42 Å². The molecule has 0 amide bonds. The lowest BCUT2D eigenvalue weighted by Crippen LogP contribution is -1.97. The van der Waals surface area contributed by atoms with Crippen LogP contribution in [0.2, 0.25) is 0 Å². The molecule has 0 nitrogen and oxygen atoms in total. The minimum atomic E-state index is 0.912. The second-order valence-electron chi connectivity index (χ2n) is 10.2. The van der Waals surface area contributed by atoms with Gasteiger partial charge in [0.15, 0.2) is 0 Å². The van der Waals surface area contributed by atoms with Crippen LogP contribution in [0, 0.1) is 21.4 Å². The highest BCUT2D eigenvalue weighted by atomic mass is 127. The molecule has 0 N–H and O–H groups in total. The maximum Gasteiger partial charge on any atom is 0.0222 e. The molecule has 0 aliphatic rings. The van der Waals surface area contributed by atoms with Crippen molar-refractivity contribution in [3.05, 3.63) is 154 Å². The van der Waals surface area contributed by atoms with Crippen molar-refractivity contribution >= 4 is 136 Å². The molecule has 0 aliphatic carbocycles. The summed E-state index contributed by atoms with van der Waals surface area (Å²) in [7, 11) is 0. The number of benzene rings is 6. The van der Waals surface area contributed by atoms with Gasteiger partial charge in [0.05, 0.1) is 0 Å². The number of halogens is 6. The fourth-order valence-corrected chi connectivity index (χ4v) is 11.4. The Morgan fingerprint density at radius 3 is 0.977 bits per heavy atom. The Hall–Kier alpha value is -0.300. The first-order valence-electron chi connectivity index (χ1n) is 13.4. The molecule has 0 atom stereocenters. The molecule has 0 spiro atoms. The zero-order valence-electron chi connectivity index (χ0n) is 22.5. The molecule has 0 saturated carbocycles. The highest BCUT2D eigenvalue weighted by Crippen LogP contribution is 2.36. The van der Waals surface area contributed by atoms with Crippen molar-refractivity contribution < 1.29 is 0 Å². The standard InChI is InChI=1S/C37H22I6/c38-30-5-1-3-28(20-30)24-7-11-26(12-8-24)36-32(40)16-22(17-33(36)41)15-23-18-34(42)37(35(43)19-23)27-13-9-25(10-14-27)29-4-2-6-31(39)21-29/h1-14,16-21H,15H2. The summed E-state index contributed by atoms with van der Waals surface area (Å²) in [6.45, 7) is 0. The summed E-state index contributed by atoms with van der Waals surface area (Å²) >= 11 is 14.8. The Morgan fingerprint density at radius 1 is 0.326 bits per heavy atom. The van der Waals surface area contributed by atoms with E-state index in [-0.39, 0.29) is 0 Å². The van der Waals surface area contributed by atoms with Crippen molar-refractivity contribution in [1.29, 1.82) is 0 Å². The first-order chi connectivity index (χ1) is 20.7. The SMILES string of the molecule is Ic1cccc(-c2ccc(-c3c(I)cc(Cc4cc(I)c(-c5ccc(-c6cccc(I)c6)cc5)c(I)c4)cc3I)cc2)c1. The van der Waals surface area contributed by atoms with Crippen LogP contribution >= 0.6 is 136 Å². The van der Waals surface area contributed by atoms with Gasteiger partial charge in [-0.3, -0.25) is 0 Å². The number of hydrogen-bond acceptors (Lipinski definition) is 0. The zero-order valence-corrected chi connectivity index (χ0v) is 35.5. The molecule has 212 valence electrons. The van der Waals surface area contributed by atoms with E-state index < -0.39 is 0 Å². The monoisotopic (exact) mass is 1230 g/mol. The molecule has 0 saturated heterocycles. The summed E-state index contributed by atoms with van der Waals surface area (Å²) in [6.07, 6.45) is 0.912. The second-order valence-corrected chi connectivity index (χ2v) is 17.4. The van der Waals surface area contributed by atoms with E-state index in [2.05, 4.69) is 257 Å². The van der Waals surface area contributed by atoms with Crippen molar-refractivity contribution in [1.82, 2.24) is 0 Å². The first kappa shape index (κ1) is 32.6. The van der Waals surface area contributed by atoms with E-state index in [0.29, 0.717) is 0 Å². The number of rotatable bonds is 6. The average Bonchev–Trinajstić information content (AvgIpc) is 2.97. The molecule has 6 rings (SSSR count). The summed E-state index contributed by atoms with van der Waals surface area (Å²) < 4.78 is 7.66. The Balaban J connectivity index is 1.22. The maximum atomic E-state index is 2.51. The van der Waals surface area contributed by atoms with Crippen molar-refractivity contribution in [2.45, 2.75) is 6.42 Å². The smallest absolute Gasteiger partial charge is 0.0222 e. The normalized spacial score (nSPS) is 11.1. The van der Waals surface area contributed by atoms with Crippen molar-refractivity contribution in [3.8, 4) is 44.5 Å². The first-order valence-corrected chi connectivity index (χ1v) is 19.9. The van der Waals surface area contributed by atoms with Crippen LogP contribution in [-0.4, -0.2) is 0 Å². The van der Waals surface area contributed by atoms with Gasteiger partial charge in [-0.2, -0.15) is 0 Å². The lowest BCUT2D eigenvalue weighted by atomic mass is 9.96. The number of hydrogen-bond donors (Lipinski definition) is 0. The van der Waals surface area contributed by atoms with Crippen LogP contribution < -0.4 is 0 Å². The third kappa shape index (κ3) is 7.82. The summed E-state index contributed by atoms with van der Waals surface area (Å²) in [5.74, 6) is 0. The van der Waals surface area contributed by atoms with E-state index in [1.54, 1.807) is 0 Å². The lowest BCUT2D eigenvalue weighted by molar-refractivity contribution is 1.18. The minimum Gasteiger partial charge on any atom is -0.0606 e. The van der Waals surface area contributed by atoms with Gasteiger partial charge in [-0.15, -0.1) is 0 Å². The van der Waals surface area contributed by atoms with E-state index in [1.807, 2.05) is 0 Å². The highest BCUT2D eigenvalue weighted by molar-refractivity contribution is 14.1. The molecular weight excluding hydrogens is 1210 g/mol. The van der Waals surface area contributed by atoms with Crippen LogP contribution in [0.5, 0.6) is 0 Å². The van der Waals surface area contributed by atoms with Gasteiger partial charge in [0.1, 0.15) is 0 Å². The fourth-order valence-electron chi connectivity index (χ4n) is 5.24. The minimum absolute atomic E-state index is 0.912. The molecule has 6 aromatic rings. The van der Waals surface area contributed by atoms with Gasteiger partial charge < -0.3 is 0 Å². The molecule has 0 heterocycles. The predicted molar refractivity (Wildman–Crippen MR) is 234 cm³/mol. The van der Waals surface area contributed by atoms with E-state index in [0.717, 1.165) is 6.42 Å². The average molecular weight is 1230 g/mol. The van der Waals surface area contributed by atoms with Crippen molar-refractivity contribution in [2.24, 2.45) is 0 Å². The summed E-state index contributed by atoms with van der Waals surface area (Å²) in [5.41, 5.74) is 12.8. The van der Waals surface area contributed by atoms with Crippen molar-refractivity contribution in [2.75, 3.05) is 0 Å². The largest absolute Gasteiger partial charge is 0.0606 e. The van der Waals surface area contributed by atoms with E-state index in [4.69, 9.17) is 0 Å². The maximum absolute atomic E-state index is 2.51. The van der Waals surface area contributed by atoms with Crippen LogP contribution in [0.1, 0.15) is 11.1 Å². The molecule has 0 radical (unpaired) electrons. The molecular formula is C37H22I6. The molecule has 0 aliphatic heterocycles. The molecule has 6 aromatic carbocycles. The fraction of sp³-hybridized carbons (Fsp3) is 0.0270. The molecule has 0 unspecified atom stereocenters. The van der Waals surface area contributed by atoms with Gasteiger partial charge in [-0.1, -0.05) is 72.8 Å². The van der Waals surface area contributed by atoms with Gasteiger partial charge in [-0.25, -0.2) is 0 Å². The predicted octanol–water partition coefficient (Wildman–Crippen LogP) is 13.6. The lowest BCUT2D eigenvalue weighted by Gasteiger charge is -2.14. The van der Waals surface area contributed by atoms with Gasteiger partial charge >= 0.3 is 0 Å². The van der Waals surface area contributed by atoms with Crippen LogP contribution in [0.15, 0.2) is 121 Å². The Morgan fingerprint density at radius 2 is 0.651 bits per heavy atom. The molecule has 0 fully saturated rings. The Labute approximate surface area is 335 Å². The van der Waals surface area contributed by atoms with Gasteiger partial charge in [0.25, 0.3) is 0 Å². The van der Waals surface area contributed by atoms with Crippen LogP contribution in [0.4, 0.5) is 0 Å². The van der Waals surface area contributed by atoms with Crippen LogP contribution in [0.3, 0.4) is 0 Å². The van der Waals surface area contributed by atoms with E-state index in [1.165, 1.54) is 77.1 Å². The summed E-state index contributed by atoms with van der Waals surface area (Å²) in [5, 5.41) is 0. The zero-order chi connectivity index (χ0) is 30.1. The Bertz CT molecular complexity index is 1750. The van der Waals surface area contributed by atoms with Gasteiger partial charge in [0.2, 0.25) is 0 Å². The summed E-state index contributed by atoms with van der Waals surface area (Å²) in [4.78, 5) is 0. The van der Waals surface area contributed by atoms with Gasteiger partial charge in [-0.05, 0) is 235 Å². The molecule has 6 heteroatoms. The van der Waals surface area contributed by atoms with Crippen LogP contribution in [0.25, 0.3) is 44.5 Å². The Kier molecular flexibility index (Phi) is 11.1. The highest BCUT2D eigenvalue weighted by Gasteiger charge is 2.14. The summed E-state index contributed by atoms with van der Waals surface area (Å²) in [6, 6.07) is 44.7. The van der Waals surface area contributed by atoms with E-state index in [9.17, 15) is 0 Å². The quantitative estimate of drug-likeness (QED) is 0.146. The topological polar surface area (TPSA) is 0 Å². The van der Waals surface area contributed by atoms with Gasteiger partial charge in [0, 0.05) is 32.5 Å².